The zero-order chi connectivity index (χ0) is 34.6. The van der Waals surface area contributed by atoms with E-state index in [0.717, 1.165) is 33.5 Å². The fraction of sp³-hybridized carbons (Fsp3) is 0.119. The lowest BCUT2D eigenvalue weighted by Crippen LogP contribution is -2.55. The van der Waals surface area contributed by atoms with Crippen LogP contribution in [0.25, 0.3) is 11.1 Å². The molecule has 5 aromatic carbocycles. The quantitative estimate of drug-likeness (QED) is 0.0871. The van der Waals surface area contributed by atoms with Crippen molar-refractivity contribution in [3.63, 3.8) is 0 Å². The van der Waals surface area contributed by atoms with Crippen LogP contribution in [0.4, 0.5) is 10.5 Å². The van der Waals surface area contributed by atoms with E-state index < -0.39 is 17.6 Å². The van der Waals surface area contributed by atoms with Gasteiger partial charge in [0, 0.05) is 11.9 Å². The number of benzene rings is 5. The van der Waals surface area contributed by atoms with Crippen LogP contribution in [0.1, 0.15) is 22.4 Å². The first-order valence-electron chi connectivity index (χ1n) is 16.4. The highest BCUT2D eigenvalue weighted by Gasteiger charge is 2.40. The molecule has 8 nitrogen and oxygen atoms in total. The number of amides is 2. The van der Waals surface area contributed by atoms with Gasteiger partial charge in [0.05, 0.1) is 24.9 Å². The third kappa shape index (κ3) is 8.06. The van der Waals surface area contributed by atoms with Crippen LogP contribution in [0.3, 0.4) is 0 Å². The maximum atomic E-state index is 13.4. The molecule has 1 heterocycles. The van der Waals surface area contributed by atoms with E-state index in [4.69, 9.17) is 9.47 Å². The average molecular weight is 663 g/mol. The van der Waals surface area contributed by atoms with Crippen LogP contribution < -0.4 is 20.7 Å². The first kappa shape index (κ1) is 33.6. The van der Waals surface area contributed by atoms with Crippen LogP contribution >= 0.6 is 0 Å². The molecule has 0 fully saturated rings. The van der Waals surface area contributed by atoms with Crippen molar-refractivity contribution in [1.29, 1.82) is 0 Å². The lowest BCUT2D eigenvalue weighted by molar-refractivity contribution is -0.144. The topological polar surface area (TPSA) is 102 Å². The number of esters is 1. The van der Waals surface area contributed by atoms with Gasteiger partial charge in [-0.25, -0.2) is 4.79 Å². The Morgan fingerprint density at radius 2 is 1.26 bits per heavy atom. The predicted molar refractivity (Wildman–Crippen MR) is 196 cm³/mol. The van der Waals surface area contributed by atoms with Crippen molar-refractivity contribution >= 4 is 17.7 Å². The number of nitrogens with zero attached hydrogens (tertiary/aromatic N) is 1. The van der Waals surface area contributed by atoms with Crippen molar-refractivity contribution in [3.05, 3.63) is 186 Å². The number of ether oxygens (including phenoxy) is 2. The molecule has 1 atom stereocenters. The Balaban J connectivity index is 1.23. The number of aromatic nitrogens is 1. The molecule has 0 saturated carbocycles. The Morgan fingerprint density at radius 3 is 1.84 bits per heavy atom. The van der Waals surface area contributed by atoms with Crippen molar-refractivity contribution in [2.45, 2.75) is 18.1 Å². The highest BCUT2D eigenvalue weighted by molar-refractivity contribution is 5.90. The van der Waals surface area contributed by atoms with Gasteiger partial charge in [0.1, 0.15) is 18.4 Å². The van der Waals surface area contributed by atoms with E-state index in [1.165, 1.54) is 7.11 Å². The van der Waals surface area contributed by atoms with Gasteiger partial charge in [0.25, 0.3) is 0 Å². The number of anilines is 1. The minimum atomic E-state index is -0.898. The lowest BCUT2D eigenvalue weighted by Gasteiger charge is -2.39. The Bertz CT molecular complexity index is 1890. The zero-order valence-electron chi connectivity index (χ0n) is 27.7. The maximum Gasteiger partial charge on any atom is 0.326 e. The molecule has 6 rings (SSSR count). The van der Waals surface area contributed by atoms with Crippen LogP contribution in [-0.4, -0.2) is 36.7 Å². The Hall–Kier alpha value is -6.25. The van der Waals surface area contributed by atoms with Crippen LogP contribution in [0.2, 0.25) is 0 Å². The highest BCUT2D eigenvalue weighted by Crippen LogP contribution is 2.37. The highest BCUT2D eigenvalue weighted by atomic mass is 16.5. The van der Waals surface area contributed by atoms with Crippen molar-refractivity contribution in [3.8, 4) is 16.9 Å². The van der Waals surface area contributed by atoms with Crippen molar-refractivity contribution in [2.24, 2.45) is 0 Å². The van der Waals surface area contributed by atoms with Crippen molar-refractivity contribution < 1.29 is 19.1 Å². The summed E-state index contributed by atoms with van der Waals surface area (Å²) in [5.74, 6) is 0.128. The Kier molecular flexibility index (Phi) is 10.9. The van der Waals surface area contributed by atoms with E-state index >= 15 is 0 Å². The number of hydrogen-bond donors (Lipinski definition) is 3. The smallest absolute Gasteiger partial charge is 0.326 e. The molecule has 8 heteroatoms. The molecule has 1 aromatic heterocycles. The third-order valence-electron chi connectivity index (χ3n) is 8.36. The molecule has 0 aliphatic rings. The fourth-order valence-electron chi connectivity index (χ4n) is 5.96. The lowest BCUT2D eigenvalue weighted by atomic mass is 9.76. The summed E-state index contributed by atoms with van der Waals surface area (Å²) in [6.07, 6.45) is 1.69. The molecular formula is C42H38N4O4. The standard InChI is InChI=1S/C42H38N4O4/c1-49-40(47)39(46-42(33-17-5-2-6-18-33,34-19-7-3-8-20-34)35-21-9-4-10-22-35)30-50-38-25-14-16-32(28-38)31-15-13-24-36(27-31)45-41(48)44-29-37-23-11-12-26-43-37/h2-28,39,46H,29-30H2,1H3,(H2,44,45,48)/t39-/m0/s1. The van der Waals surface area contributed by atoms with Gasteiger partial charge in [-0.05, 0) is 64.2 Å². The number of rotatable bonds is 13. The van der Waals surface area contributed by atoms with Gasteiger partial charge in [-0.15, -0.1) is 0 Å². The summed E-state index contributed by atoms with van der Waals surface area (Å²) in [6, 6.07) is 49.8. The number of hydrogen-bond acceptors (Lipinski definition) is 6. The normalized spacial score (nSPS) is 11.6. The van der Waals surface area contributed by atoms with Gasteiger partial charge in [-0.1, -0.05) is 121 Å². The molecule has 50 heavy (non-hydrogen) atoms. The molecule has 0 bridgehead atoms. The van der Waals surface area contributed by atoms with Gasteiger partial charge in [-0.2, -0.15) is 0 Å². The van der Waals surface area contributed by atoms with Crippen LogP contribution in [0, 0.1) is 0 Å². The predicted octanol–water partition coefficient (Wildman–Crippen LogP) is 7.57. The molecular weight excluding hydrogens is 624 g/mol. The molecule has 0 radical (unpaired) electrons. The SMILES string of the molecule is COC(=O)[C@H](COc1cccc(-c2cccc(NC(=O)NCc3ccccn3)c2)c1)NC(c1ccccc1)(c1ccccc1)c1ccccc1. The van der Waals surface area contributed by atoms with Gasteiger partial charge in [0.15, 0.2) is 0 Å². The second-order valence-electron chi connectivity index (χ2n) is 11.6. The number of carbonyl (C=O) groups excluding carboxylic acids is 2. The molecule has 0 aliphatic heterocycles. The molecule has 3 N–H and O–H groups in total. The summed E-state index contributed by atoms with van der Waals surface area (Å²) in [6.45, 7) is 0.318. The molecule has 0 unspecified atom stereocenters. The largest absolute Gasteiger partial charge is 0.491 e. The molecule has 6 aromatic rings. The summed E-state index contributed by atoms with van der Waals surface area (Å²) in [4.78, 5) is 30.2. The summed E-state index contributed by atoms with van der Waals surface area (Å²) in [5, 5.41) is 9.40. The van der Waals surface area contributed by atoms with Gasteiger partial charge in [-0.3, -0.25) is 15.1 Å². The van der Waals surface area contributed by atoms with E-state index in [0.29, 0.717) is 18.0 Å². The zero-order valence-corrected chi connectivity index (χ0v) is 27.7. The number of nitrogens with one attached hydrogen (secondary N) is 3. The molecule has 0 spiro atoms. The summed E-state index contributed by atoms with van der Waals surface area (Å²) >= 11 is 0. The van der Waals surface area contributed by atoms with Gasteiger partial charge < -0.3 is 20.1 Å². The third-order valence-corrected chi connectivity index (χ3v) is 8.36. The number of pyridine rings is 1. The summed E-state index contributed by atoms with van der Waals surface area (Å²) in [7, 11) is 1.38. The van der Waals surface area contributed by atoms with Crippen LogP contribution in [-0.2, 0) is 21.6 Å². The van der Waals surface area contributed by atoms with E-state index in [1.54, 1.807) is 6.20 Å². The summed E-state index contributed by atoms with van der Waals surface area (Å²) < 4.78 is 11.6. The van der Waals surface area contributed by atoms with Crippen LogP contribution in [0.5, 0.6) is 5.75 Å². The van der Waals surface area contributed by atoms with E-state index in [9.17, 15) is 9.59 Å². The van der Waals surface area contributed by atoms with Gasteiger partial charge >= 0.3 is 12.0 Å². The molecule has 0 aliphatic carbocycles. The number of methoxy groups -OCH3 is 1. The van der Waals surface area contributed by atoms with Crippen LogP contribution in [0.15, 0.2) is 164 Å². The minimum absolute atomic E-state index is 0.00240. The fourth-order valence-corrected chi connectivity index (χ4v) is 5.96. The van der Waals surface area contributed by atoms with Gasteiger partial charge in [0.2, 0.25) is 0 Å². The monoisotopic (exact) mass is 662 g/mol. The second kappa shape index (κ2) is 16.2. The minimum Gasteiger partial charge on any atom is -0.491 e. The number of carbonyl (C=O) groups is 2. The molecule has 2 amide bonds. The summed E-state index contributed by atoms with van der Waals surface area (Å²) in [5.41, 5.74) is 5.17. The average Bonchev–Trinajstić information content (AvgIpc) is 3.18. The van der Waals surface area contributed by atoms with Crippen molar-refractivity contribution in [2.75, 3.05) is 19.0 Å². The Morgan fingerprint density at radius 1 is 0.680 bits per heavy atom. The number of urea groups is 1. The Labute approximate surface area is 292 Å². The second-order valence-corrected chi connectivity index (χ2v) is 11.6. The van der Waals surface area contributed by atoms with E-state index in [-0.39, 0.29) is 12.6 Å². The van der Waals surface area contributed by atoms with E-state index in [2.05, 4.69) is 57.3 Å². The first-order valence-corrected chi connectivity index (χ1v) is 16.4. The molecule has 250 valence electrons. The van der Waals surface area contributed by atoms with E-state index in [1.807, 2.05) is 121 Å². The first-order chi connectivity index (χ1) is 24.5. The molecule has 0 saturated heterocycles. The maximum absolute atomic E-state index is 13.4. The van der Waals surface area contributed by atoms with Crippen molar-refractivity contribution in [1.82, 2.24) is 15.6 Å².